The Hall–Kier alpha value is -2.57. The molecule has 0 radical (unpaired) electrons. The Labute approximate surface area is 186 Å². The van der Waals surface area contributed by atoms with Gasteiger partial charge in [0, 0.05) is 18.8 Å². The molecular formula is C24H27BrN2O3. The Balaban J connectivity index is 1.50. The second-order valence-corrected chi connectivity index (χ2v) is 7.51. The van der Waals surface area contributed by atoms with Gasteiger partial charge in [-0.1, -0.05) is 36.4 Å². The van der Waals surface area contributed by atoms with Gasteiger partial charge in [-0.05, 0) is 65.1 Å². The first kappa shape index (κ1) is 22.1. The molecule has 0 amide bonds. The van der Waals surface area contributed by atoms with Gasteiger partial charge >= 0.3 is 0 Å². The van der Waals surface area contributed by atoms with Crippen molar-refractivity contribution in [3.63, 3.8) is 0 Å². The van der Waals surface area contributed by atoms with Crippen LogP contribution in [0.5, 0.6) is 17.4 Å². The maximum Gasteiger partial charge on any atom is 0.213 e. The van der Waals surface area contributed by atoms with Crippen LogP contribution in [-0.2, 0) is 13.2 Å². The summed E-state index contributed by atoms with van der Waals surface area (Å²) in [6, 6.07) is 19.9. The third-order valence-electron chi connectivity index (χ3n) is 4.31. The monoisotopic (exact) mass is 470 g/mol. The zero-order chi connectivity index (χ0) is 21.0. The third kappa shape index (κ3) is 7.04. The molecule has 0 bridgehead atoms. The van der Waals surface area contributed by atoms with Gasteiger partial charge in [0.15, 0.2) is 11.5 Å². The number of hydrogen-bond donors (Lipinski definition) is 1. The Morgan fingerprint density at radius 1 is 0.933 bits per heavy atom. The maximum atomic E-state index is 6.05. The molecule has 0 atom stereocenters. The maximum absolute atomic E-state index is 6.05. The molecule has 0 fully saturated rings. The van der Waals surface area contributed by atoms with E-state index in [-0.39, 0.29) is 0 Å². The average Bonchev–Trinajstić information content (AvgIpc) is 2.77. The molecule has 5 nitrogen and oxygen atoms in total. The summed E-state index contributed by atoms with van der Waals surface area (Å²) in [5.41, 5.74) is 2.24. The fraction of sp³-hybridized carbons (Fsp3) is 0.292. The van der Waals surface area contributed by atoms with Crippen LogP contribution in [0.25, 0.3) is 0 Å². The summed E-state index contributed by atoms with van der Waals surface area (Å²) in [5, 5.41) is 3.44. The summed E-state index contributed by atoms with van der Waals surface area (Å²) in [6.45, 7) is 5.26. The fourth-order valence-corrected chi connectivity index (χ4v) is 3.50. The van der Waals surface area contributed by atoms with Gasteiger partial charge in [-0.2, -0.15) is 0 Å². The molecule has 0 aliphatic carbocycles. The van der Waals surface area contributed by atoms with Gasteiger partial charge in [-0.15, -0.1) is 0 Å². The van der Waals surface area contributed by atoms with Gasteiger partial charge in [0.2, 0.25) is 5.88 Å². The molecule has 0 aliphatic rings. The normalized spacial score (nSPS) is 10.6. The summed E-state index contributed by atoms with van der Waals surface area (Å²) < 4.78 is 18.4. The van der Waals surface area contributed by atoms with E-state index in [1.165, 1.54) is 0 Å². The van der Waals surface area contributed by atoms with Crippen LogP contribution in [0, 0.1) is 0 Å². The van der Waals surface area contributed by atoms with Gasteiger partial charge in [0.25, 0.3) is 0 Å². The Bertz CT molecular complexity index is 892. The van der Waals surface area contributed by atoms with Crippen molar-refractivity contribution in [2.45, 2.75) is 26.5 Å². The Morgan fingerprint density at radius 2 is 1.77 bits per heavy atom. The van der Waals surface area contributed by atoms with Crippen LogP contribution >= 0.6 is 15.9 Å². The first-order chi connectivity index (χ1) is 14.8. The number of nitrogens with zero attached hydrogens (tertiary/aromatic N) is 1. The highest BCUT2D eigenvalue weighted by Crippen LogP contribution is 2.37. The SMILES string of the molecule is CCOc1cc(CNCCCOc2ccccn2)cc(Br)c1OCc1ccccc1. The van der Waals surface area contributed by atoms with E-state index in [4.69, 9.17) is 14.2 Å². The van der Waals surface area contributed by atoms with E-state index in [1.807, 2.05) is 61.5 Å². The molecule has 6 heteroatoms. The first-order valence-corrected chi connectivity index (χ1v) is 10.9. The number of benzene rings is 2. The van der Waals surface area contributed by atoms with Crippen molar-refractivity contribution in [3.8, 4) is 17.4 Å². The molecule has 3 aromatic rings. The molecule has 1 heterocycles. The molecule has 2 aromatic carbocycles. The minimum Gasteiger partial charge on any atom is -0.490 e. The van der Waals surface area contributed by atoms with Crippen LogP contribution in [0.15, 0.2) is 71.3 Å². The Morgan fingerprint density at radius 3 is 2.53 bits per heavy atom. The topological polar surface area (TPSA) is 52.6 Å². The molecule has 0 unspecified atom stereocenters. The van der Waals surface area contributed by atoms with Gasteiger partial charge in [0.1, 0.15) is 6.61 Å². The molecule has 0 saturated carbocycles. The molecule has 0 aliphatic heterocycles. The van der Waals surface area contributed by atoms with E-state index < -0.39 is 0 Å². The van der Waals surface area contributed by atoms with E-state index in [0.717, 1.165) is 46.6 Å². The highest BCUT2D eigenvalue weighted by atomic mass is 79.9. The van der Waals surface area contributed by atoms with E-state index >= 15 is 0 Å². The van der Waals surface area contributed by atoms with Crippen LogP contribution in [0.3, 0.4) is 0 Å². The molecule has 0 saturated heterocycles. The van der Waals surface area contributed by atoms with E-state index in [0.29, 0.717) is 25.7 Å². The van der Waals surface area contributed by atoms with Crippen LogP contribution < -0.4 is 19.5 Å². The molecule has 158 valence electrons. The predicted molar refractivity (Wildman–Crippen MR) is 122 cm³/mol. The van der Waals surface area contributed by atoms with Crippen LogP contribution in [0.4, 0.5) is 0 Å². The summed E-state index contributed by atoms with van der Waals surface area (Å²) in [6.07, 6.45) is 2.63. The zero-order valence-corrected chi connectivity index (χ0v) is 18.7. The van der Waals surface area contributed by atoms with Crippen molar-refractivity contribution in [3.05, 3.63) is 82.5 Å². The summed E-state index contributed by atoms with van der Waals surface area (Å²) in [7, 11) is 0. The molecule has 1 aromatic heterocycles. The van der Waals surface area contributed by atoms with Gasteiger partial charge in [-0.3, -0.25) is 0 Å². The summed E-state index contributed by atoms with van der Waals surface area (Å²) >= 11 is 3.64. The first-order valence-electron chi connectivity index (χ1n) is 10.1. The van der Waals surface area contributed by atoms with Crippen molar-refractivity contribution in [2.75, 3.05) is 19.8 Å². The van der Waals surface area contributed by atoms with Crippen molar-refractivity contribution < 1.29 is 14.2 Å². The number of halogens is 1. The van der Waals surface area contributed by atoms with E-state index in [1.54, 1.807) is 6.20 Å². The molecule has 3 rings (SSSR count). The molecule has 30 heavy (non-hydrogen) atoms. The largest absolute Gasteiger partial charge is 0.490 e. The lowest BCUT2D eigenvalue weighted by Crippen LogP contribution is -2.17. The van der Waals surface area contributed by atoms with E-state index in [2.05, 4.69) is 32.3 Å². The number of hydrogen-bond acceptors (Lipinski definition) is 5. The number of nitrogens with one attached hydrogen (secondary N) is 1. The van der Waals surface area contributed by atoms with Crippen LogP contribution in [0.1, 0.15) is 24.5 Å². The predicted octanol–water partition coefficient (Wildman–Crippen LogP) is 5.38. The fourth-order valence-electron chi connectivity index (χ4n) is 2.90. The van der Waals surface area contributed by atoms with Crippen molar-refractivity contribution in [1.29, 1.82) is 0 Å². The summed E-state index contributed by atoms with van der Waals surface area (Å²) in [4.78, 5) is 4.15. The number of aromatic nitrogens is 1. The molecule has 1 N–H and O–H groups in total. The van der Waals surface area contributed by atoms with Crippen molar-refractivity contribution in [1.82, 2.24) is 10.3 Å². The minimum absolute atomic E-state index is 0.493. The Kier molecular flexibility index (Phi) is 9.00. The van der Waals surface area contributed by atoms with E-state index in [9.17, 15) is 0 Å². The standard InChI is InChI=1S/C24H27BrN2O3/c1-2-28-22-16-20(17-26-12-8-14-29-23-11-6-7-13-27-23)15-21(25)24(22)30-18-19-9-4-3-5-10-19/h3-7,9-11,13,15-16,26H,2,8,12,14,17-18H2,1H3. The van der Waals surface area contributed by atoms with Gasteiger partial charge in [0.05, 0.1) is 17.7 Å². The molecular weight excluding hydrogens is 444 g/mol. The lowest BCUT2D eigenvalue weighted by molar-refractivity contribution is 0.267. The lowest BCUT2D eigenvalue weighted by atomic mass is 10.2. The molecule has 0 spiro atoms. The summed E-state index contributed by atoms with van der Waals surface area (Å²) in [5.74, 6) is 2.14. The van der Waals surface area contributed by atoms with Crippen molar-refractivity contribution in [2.24, 2.45) is 0 Å². The number of ether oxygens (including phenoxy) is 3. The van der Waals surface area contributed by atoms with Gasteiger partial charge in [-0.25, -0.2) is 4.98 Å². The third-order valence-corrected chi connectivity index (χ3v) is 4.90. The zero-order valence-electron chi connectivity index (χ0n) is 17.1. The van der Waals surface area contributed by atoms with Crippen molar-refractivity contribution >= 4 is 15.9 Å². The number of rotatable bonds is 12. The second kappa shape index (κ2) is 12.2. The highest BCUT2D eigenvalue weighted by molar-refractivity contribution is 9.10. The van der Waals surface area contributed by atoms with Crippen LogP contribution in [0.2, 0.25) is 0 Å². The number of pyridine rings is 1. The average molecular weight is 471 g/mol. The lowest BCUT2D eigenvalue weighted by Gasteiger charge is -2.16. The second-order valence-electron chi connectivity index (χ2n) is 6.66. The quantitative estimate of drug-likeness (QED) is 0.360. The smallest absolute Gasteiger partial charge is 0.213 e. The van der Waals surface area contributed by atoms with Crippen LogP contribution in [-0.4, -0.2) is 24.7 Å². The highest BCUT2D eigenvalue weighted by Gasteiger charge is 2.12. The van der Waals surface area contributed by atoms with Gasteiger partial charge < -0.3 is 19.5 Å². The minimum atomic E-state index is 0.493.